The molecule has 0 unspecified atom stereocenters. The van der Waals surface area contributed by atoms with Gasteiger partial charge in [0.2, 0.25) is 0 Å². The van der Waals surface area contributed by atoms with Crippen LogP contribution in [0.3, 0.4) is 0 Å². The average molecular weight is 162 g/mol. The molecule has 0 radical (unpaired) electrons. The fourth-order valence-corrected chi connectivity index (χ4v) is 2.15. The molecule has 60 valence electrons. The van der Waals surface area contributed by atoms with E-state index in [1.54, 1.807) is 0 Å². The maximum Gasteiger partial charge on any atom is 0.0491 e. The molecule has 1 fully saturated rings. The zero-order valence-corrected chi connectivity index (χ0v) is 7.56. The van der Waals surface area contributed by atoms with Crippen molar-refractivity contribution >= 4 is 11.6 Å². The predicted molar refractivity (Wildman–Crippen MR) is 45.6 cm³/mol. The van der Waals surface area contributed by atoms with Gasteiger partial charge in [-0.15, -0.1) is 11.6 Å². The lowest BCUT2D eigenvalue weighted by atomic mass is 9.94. The lowest BCUT2D eigenvalue weighted by Gasteiger charge is -2.32. The van der Waals surface area contributed by atoms with Gasteiger partial charge in [0.25, 0.3) is 0 Å². The summed E-state index contributed by atoms with van der Waals surface area (Å²) < 4.78 is 0. The van der Waals surface area contributed by atoms with Gasteiger partial charge in [-0.2, -0.15) is 0 Å². The van der Waals surface area contributed by atoms with Crippen LogP contribution in [0.25, 0.3) is 0 Å². The van der Waals surface area contributed by atoms with Crippen molar-refractivity contribution in [1.82, 2.24) is 4.90 Å². The second-order valence-corrected chi connectivity index (χ2v) is 3.89. The molecule has 0 N–H and O–H groups in total. The third-order valence-electron chi connectivity index (χ3n) is 2.31. The summed E-state index contributed by atoms with van der Waals surface area (Å²) >= 11 is 6.14. The summed E-state index contributed by atoms with van der Waals surface area (Å²) in [6.45, 7) is 0. The lowest BCUT2D eigenvalue weighted by Crippen LogP contribution is -2.38. The minimum atomic E-state index is 0.392. The Bertz CT molecular complexity index is 103. The minimum absolute atomic E-state index is 0.392. The molecule has 0 bridgehead atoms. The minimum Gasteiger partial charge on any atom is -0.305 e. The Hall–Kier alpha value is 0.250. The summed E-state index contributed by atoms with van der Waals surface area (Å²) in [5, 5.41) is 0.392. The standard InChI is InChI=1S/C8H16ClN/c1-10(2)8-6-4-3-5-7(8)9/h7-8H,3-6H2,1-2H3/t7-,8-/m1/s1. The van der Waals surface area contributed by atoms with Gasteiger partial charge in [0.15, 0.2) is 0 Å². The number of hydrogen-bond donors (Lipinski definition) is 0. The molecule has 0 saturated heterocycles. The first-order valence-corrected chi connectivity index (χ1v) is 4.46. The molecule has 1 rings (SSSR count). The highest BCUT2D eigenvalue weighted by atomic mass is 35.5. The Balaban J connectivity index is 2.40. The van der Waals surface area contributed by atoms with Crippen molar-refractivity contribution in [2.45, 2.75) is 37.1 Å². The third-order valence-corrected chi connectivity index (χ3v) is 2.82. The SMILES string of the molecule is CN(C)[C@@H]1CCCC[C@H]1Cl. The largest absolute Gasteiger partial charge is 0.305 e. The normalized spacial score (nSPS) is 34.8. The van der Waals surface area contributed by atoms with Crippen LogP contribution >= 0.6 is 11.6 Å². The number of rotatable bonds is 1. The van der Waals surface area contributed by atoms with E-state index < -0.39 is 0 Å². The van der Waals surface area contributed by atoms with Crippen molar-refractivity contribution < 1.29 is 0 Å². The van der Waals surface area contributed by atoms with E-state index in [9.17, 15) is 0 Å². The van der Waals surface area contributed by atoms with Crippen LogP contribution in [0.4, 0.5) is 0 Å². The van der Waals surface area contributed by atoms with Crippen molar-refractivity contribution in [2.75, 3.05) is 14.1 Å². The molecule has 0 amide bonds. The number of hydrogen-bond acceptors (Lipinski definition) is 1. The molecule has 0 spiro atoms. The van der Waals surface area contributed by atoms with Gasteiger partial charge >= 0.3 is 0 Å². The highest BCUT2D eigenvalue weighted by Gasteiger charge is 2.24. The highest BCUT2D eigenvalue weighted by Crippen LogP contribution is 2.25. The van der Waals surface area contributed by atoms with Crippen LogP contribution in [0, 0.1) is 0 Å². The Labute approximate surface area is 68.4 Å². The molecule has 1 nitrogen and oxygen atoms in total. The zero-order valence-electron chi connectivity index (χ0n) is 6.81. The molecule has 0 aromatic rings. The summed E-state index contributed by atoms with van der Waals surface area (Å²) in [4.78, 5) is 2.25. The van der Waals surface area contributed by atoms with Gasteiger partial charge in [0.05, 0.1) is 0 Å². The number of nitrogens with zero attached hydrogens (tertiary/aromatic N) is 1. The van der Waals surface area contributed by atoms with E-state index >= 15 is 0 Å². The van der Waals surface area contributed by atoms with Gasteiger partial charge in [0.1, 0.15) is 0 Å². The second-order valence-electron chi connectivity index (χ2n) is 3.33. The third kappa shape index (κ3) is 1.86. The molecule has 0 aromatic heterocycles. The first kappa shape index (κ1) is 8.35. The Morgan fingerprint density at radius 1 is 1.20 bits per heavy atom. The van der Waals surface area contributed by atoms with Crippen molar-refractivity contribution in [2.24, 2.45) is 0 Å². The molecule has 1 saturated carbocycles. The summed E-state index contributed by atoms with van der Waals surface area (Å²) in [6.07, 6.45) is 5.15. The first-order valence-electron chi connectivity index (χ1n) is 4.02. The summed E-state index contributed by atoms with van der Waals surface area (Å²) in [5.41, 5.74) is 0. The van der Waals surface area contributed by atoms with E-state index in [1.165, 1.54) is 25.7 Å². The molecule has 2 heteroatoms. The van der Waals surface area contributed by atoms with E-state index in [2.05, 4.69) is 19.0 Å². The van der Waals surface area contributed by atoms with Crippen molar-refractivity contribution in [3.63, 3.8) is 0 Å². The fourth-order valence-electron chi connectivity index (χ4n) is 1.65. The highest BCUT2D eigenvalue weighted by molar-refractivity contribution is 6.21. The Morgan fingerprint density at radius 2 is 1.80 bits per heavy atom. The molecular formula is C8H16ClN. The molecular weight excluding hydrogens is 146 g/mol. The molecule has 1 aliphatic carbocycles. The van der Waals surface area contributed by atoms with Crippen LogP contribution in [0.1, 0.15) is 25.7 Å². The number of alkyl halides is 1. The van der Waals surface area contributed by atoms with Crippen molar-refractivity contribution in [3.8, 4) is 0 Å². The quantitative estimate of drug-likeness (QED) is 0.533. The molecule has 0 heterocycles. The van der Waals surface area contributed by atoms with Crippen LogP contribution < -0.4 is 0 Å². The maximum absolute atomic E-state index is 6.14. The van der Waals surface area contributed by atoms with Gasteiger partial charge in [-0.05, 0) is 26.9 Å². The van der Waals surface area contributed by atoms with Crippen molar-refractivity contribution in [3.05, 3.63) is 0 Å². The van der Waals surface area contributed by atoms with Gasteiger partial charge in [0, 0.05) is 11.4 Å². The Morgan fingerprint density at radius 3 is 2.20 bits per heavy atom. The summed E-state index contributed by atoms with van der Waals surface area (Å²) in [6, 6.07) is 0.621. The van der Waals surface area contributed by atoms with E-state index in [1.807, 2.05) is 0 Å². The van der Waals surface area contributed by atoms with Crippen LogP contribution in [0.5, 0.6) is 0 Å². The van der Waals surface area contributed by atoms with Gasteiger partial charge in [-0.1, -0.05) is 12.8 Å². The van der Waals surface area contributed by atoms with E-state index in [-0.39, 0.29) is 0 Å². The predicted octanol–water partition coefficient (Wildman–Crippen LogP) is 2.10. The monoisotopic (exact) mass is 161 g/mol. The zero-order chi connectivity index (χ0) is 7.56. The van der Waals surface area contributed by atoms with Crippen LogP contribution in [0.2, 0.25) is 0 Å². The van der Waals surface area contributed by atoms with Gasteiger partial charge in [-0.3, -0.25) is 0 Å². The van der Waals surface area contributed by atoms with Crippen molar-refractivity contribution in [1.29, 1.82) is 0 Å². The van der Waals surface area contributed by atoms with E-state index in [0.29, 0.717) is 11.4 Å². The molecule has 2 atom stereocenters. The Kier molecular flexibility index (Phi) is 2.99. The van der Waals surface area contributed by atoms with Gasteiger partial charge < -0.3 is 4.90 Å². The topological polar surface area (TPSA) is 3.24 Å². The molecule has 0 aromatic carbocycles. The summed E-state index contributed by atoms with van der Waals surface area (Å²) in [7, 11) is 4.23. The van der Waals surface area contributed by atoms with Crippen LogP contribution in [0.15, 0.2) is 0 Å². The molecule has 1 aliphatic rings. The van der Waals surface area contributed by atoms with Gasteiger partial charge in [-0.25, -0.2) is 0 Å². The van der Waals surface area contributed by atoms with E-state index in [4.69, 9.17) is 11.6 Å². The smallest absolute Gasteiger partial charge is 0.0491 e. The fraction of sp³-hybridized carbons (Fsp3) is 1.00. The molecule has 10 heavy (non-hydrogen) atoms. The molecule has 0 aliphatic heterocycles. The van der Waals surface area contributed by atoms with Crippen LogP contribution in [-0.2, 0) is 0 Å². The van der Waals surface area contributed by atoms with E-state index in [0.717, 1.165) is 0 Å². The number of halogens is 1. The average Bonchev–Trinajstić information content (AvgIpc) is 1.88. The lowest BCUT2D eigenvalue weighted by molar-refractivity contribution is 0.233. The maximum atomic E-state index is 6.14. The summed E-state index contributed by atoms with van der Waals surface area (Å²) in [5.74, 6) is 0. The second kappa shape index (κ2) is 3.59. The first-order chi connectivity index (χ1) is 4.72. The van der Waals surface area contributed by atoms with Crippen LogP contribution in [-0.4, -0.2) is 30.4 Å².